The van der Waals surface area contributed by atoms with Crippen molar-refractivity contribution in [1.82, 2.24) is 0 Å². The SMILES string of the molecule is COc1cc(Cl)ccc1C(O)C1CCC(C)C(C)C1. The van der Waals surface area contributed by atoms with Gasteiger partial charge in [-0.2, -0.15) is 0 Å². The fraction of sp³-hybridized carbons (Fsp3) is 0.625. The van der Waals surface area contributed by atoms with Crippen molar-refractivity contribution in [3.05, 3.63) is 28.8 Å². The van der Waals surface area contributed by atoms with Crippen LogP contribution in [0.3, 0.4) is 0 Å². The first-order valence-electron chi connectivity index (χ1n) is 7.04. The van der Waals surface area contributed by atoms with Gasteiger partial charge in [0.15, 0.2) is 0 Å². The molecule has 1 aliphatic rings. The van der Waals surface area contributed by atoms with E-state index in [-0.39, 0.29) is 0 Å². The quantitative estimate of drug-likeness (QED) is 0.887. The van der Waals surface area contributed by atoms with E-state index in [0.717, 1.165) is 24.3 Å². The average molecular weight is 283 g/mol. The van der Waals surface area contributed by atoms with Crippen LogP contribution in [-0.2, 0) is 0 Å². The molecule has 4 atom stereocenters. The van der Waals surface area contributed by atoms with Crippen molar-refractivity contribution >= 4 is 11.6 Å². The molecule has 4 unspecified atom stereocenters. The summed E-state index contributed by atoms with van der Waals surface area (Å²) in [7, 11) is 1.62. The fourth-order valence-corrected chi connectivity index (χ4v) is 3.22. The van der Waals surface area contributed by atoms with Gasteiger partial charge in [0.1, 0.15) is 5.75 Å². The molecular weight excluding hydrogens is 260 g/mol. The number of halogens is 1. The lowest BCUT2D eigenvalue weighted by atomic mass is 9.73. The van der Waals surface area contributed by atoms with Crippen molar-refractivity contribution in [1.29, 1.82) is 0 Å². The average Bonchev–Trinajstić information content (AvgIpc) is 2.41. The maximum Gasteiger partial charge on any atom is 0.126 e. The molecule has 1 aliphatic carbocycles. The second-order valence-corrected chi connectivity index (χ2v) is 6.30. The van der Waals surface area contributed by atoms with Gasteiger partial charge in [0.2, 0.25) is 0 Å². The molecular formula is C16H23ClO2. The van der Waals surface area contributed by atoms with E-state index >= 15 is 0 Å². The number of hydrogen-bond acceptors (Lipinski definition) is 2. The van der Waals surface area contributed by atoms with Crippen molar-refractivity contribution in [3.63, 3.8) is 0 Å². The number of aliphatic hydroxyl groups is 1. The lowest BCUT2D eigenvalue weighted by Crippen LogP contribution is -2.25. The minimum absolute atomic E-state index is 0.321. The largest absolute Gasteiger partial charge is 0.496 e. The standard InChI is InChI=1S/C16H23ClO2/c1-10-4-5-12(8-11(10)2)16(18)14-7-6-13(17)9-15(14)19-3/h6-7,9-12,16,18H,4-5,8H2,1-3H3. The minimum atomic E-state index is -0.456. The highest BCUT2D eigenvalue weighted by molar-refractivity contribution is 6.30. The summed E-state index contributed by atoms with van der Waals surface area (Å²) < 4.78 is 5.34. The summed E-state index contributed by atoms with van der Waals surface area (Å²) >= 11 is 5.97. The van der Waals surface area contributed by atoms with Crippen LogP contribution in [0, 0.1) is 17.8 Å². The Morgan fingerprint density at radius 3 is 2.63 bits per heavy atom. The molecule has 1 aromatic carbocycles. The summed E-state index contributed by atoms with van der Waals surface area (Å²) in [5.41, 5.74) is 0.860. The maximum atomic E-state index is 10.6. The van der Waals surface area contributed by atoms with Gasteiger partial charge < -0.3 is 9.84 Å². The Balaban J connectivity index is 2.17. The van der Waals surface area contributed by atoms with E-state index in [1.807, 2.05) is 12.1 Å². The molecule has 3 heteroatoms. The molecule has 1 N–H and O–H groups in total. The third kappa shape index (κ3) is 3.24. The van der Waals surface area contributed by atoms with E-state index in [0.29, 0.717) is 22.6 Å². The Hall–Kier alpha value is -0.730. The molecule has 0 radical (unpaired) electrons. The molecule has 0 aliphatic heterocycles. The third-order valence-corrected chi connectivity index (χ3v) is 4.83. The van der Waals surface area contributed by atoms with Gasteiger partial charge in [-0.1, -0.05) is 37.9 Å². The van der Waals surface area contributed by atoms with Crippen LogP contribution in [0.1, 0.15) is 44.8 Å². The van der Waals surface area contributed by atoms with Crippen molar-refractivity contribution in [3.8, 4) is 5.75 Å². The first-order valence-corrected chi connectivity index (χ1v) is 7.42. The zero-order chi connectivity index (χ0) is 14.0. The first kappa shape index (κ1) is 14.7. The topological polar surface area (TPSA) is 29.5 Å². The molecule has 0 heterocycles. The van der Waals surface area contributed by atoms with Gasteiger partial charge >= 0.3 is 0 Å². The summed E-state index contributed by atoms with van der Waals surface area (Å²) in [5, 5.41) is 11.3. The highest BCUT2D eigenvalue weighted by Crippen LogP contribution is 2.42. The Bertz CT molecular complexity index is 433. The van der Waals surface area contributed by atoms with Crippen molar-refractivity contribution < 1.29 is 9.84 Å². The van der Waals surface area contributed by atoms with Gasteiger partial charge in [0.05, 0.1) is 13.2 Å². The molecule has 106 valence electrons. The number of aliphatic hydroxyl groups excluding tert-OH is 1. The van der Waals surface area contributed by atoms with Crippen LogP contribution in [0.4, 0.5) is 0 Å². The number of methoxy groups -OCH3 is 1. The fourth-order valence-electron chi connectivity index (χ4n) is 3.06. The zero-order valence-electron chi connectivity index (χ0n) is 11.9. The van der Waals surface area contributed by atoms with Gasteiger partial charge in [0, 0.05) is 10.6 Å². The molecule has 1 saturated carbocycles. The predicted octanol–water partition coefficient (Wildman–Crippen LogP) is 4.45. The van der Waals surface area contributed by atoms with Gasteiger partial charge in [-0.25, -0.2) is 0 Å². The van der Waals surface area contributed by atoms with E-state index in [1.54, 1.807) is 13.2 Å². The summed E-state index contributed by atoms with van der Waals surface area (Å²) in [6, 6.07) is 5.47. The molecule has 0 aromatic heterocycles. The van der Waals surface area contributed by atoms with Gasteiger partial charge in [-0.3, -0.25) is 0 Å². The van der Waals surface area contributed by atoms with Crippen LogP contribution in [0.15, 0.2) is 18.2 Å². The molecule has 0 saturated heterocycles. The van der Waals surface area contributed by atoms with Crippen LogP contribution in [0.2, 0.25) is 5.02 Å². The van der Waals surface area contributed by atoms with Crippen LogP contribution >= 0.6 is 11.6 Å². The summed E-state index contributed by atoms with van der Waals surface area (Å²) in [5.74, 6) is 2.44. The third-order valence-electron chi connectivity index (χ3n) is 4.60. The second kappa shape index (κ2) is 6.15. The number of ether oxygens (including phenoxy) is 1. The Morgan fingerprint density at radius 2 is 2.00 bits per heavy atom. The van der Waals surface area contributed by atoms with Crippen molar-refractivity contribution in [2.75, 3.05) is 7.11 Å². The van der Waals surface area contributed by atoms with Gasteiger partial charge in [-0.15, -0.1) is 0 Å². The van der Waals surface area contributed by atoms with Crippen LogP contribution < -0.4 is 4.74 Å². The lowest BCUT2D eigenvalue weighted by Gasteiger charge is -2.35. The Labute approximate surface area is 120 Å². The lowest BCUT2D eigenvalue weighted by molar-refractivity contribution is 0.0544. The number of hydrogen-bond donors (Lipinski definition) is 1. The van der Waals surface area contributed by atoms with Crippen molar-refractivity contribution in [2.24, 2.45) is 17.8 Å². The summed E-state index contributed by atoms with van der Waals surface area (Å²) in [6.45, 7) is 4.58. The smallest absolute Gasteiger partial charge is 0.126 e. The minimum Gasteiger partial charge on any atom is -0.496 e. The molecule has 1 fully saturated rings. The van der Waals surface area contributed by atoms with Gasteiger partial charge in [-0.05, 0) is 42.7 Å². The van der Waals surface area contributed by atoms with E-state index in [9.17, 15) is 5.11 Å². The molecule has 0 bridgehead atoms. The van der Waals surface area contributed by atoms with Crippen LogP contribution in [0.5, 0.6) is 5.75 Å². The van der Waals surface area contributed by atoms with Gasteiger partial charge in [0.25, 0.3) is 0 Å². The highest BCUT2D eigenvalue weighted by atomic mass is 35.5. The number of benzene rings is 1. The van der Waals surface area contributed by atoms with E-state index in [1.165, 1.54) is 6.42 Å². The zero-order valence-corrected chi connectivity index (χ0v) is 12.7. The summed E-state index contributed by atoms with van der Waals surface area (Å²) in [4.78, 5) is 0. The second-order valence-electron chi connectivity index (χ2n) is 5.86. The predicted molar refractivity (Wildman–Crippen MR) is 78.6 cm³/mol. The Kier molecular flexibility index (Phi) is 4.75. The molecule has 1 aromatic rings. The van der Waals surface area contributed by atoms with Crippen LogP contribution in [-0.4, -0.2) is 12.2 Å². The van der Waals surface area contributed by atoms with E-state index in [2.05, 4.69) is 13.8 Å². The van der Waals surface area contributed by atoms with E-state index < -0.39 is 6.10 Å². The van der Waals surface area contributed by atoms with Crippen LogP contribution in [0.25, 0.3) is 0 Å². The Morgan fingerprint density at radius 1 is 1.26 bits per heavy atom. The molecule has 0 amide bonds. The normalized spacial score (nSPS) is 29.0. The maximum absolute atomic E-state index is 10.6. The molecule has 19 heavy (non-hydrogen) atoms. The highest BCUT2D eigenvalue weighted by Gasteiger charge is 2.31. The molecule has 2 nitrogen and oxygen atoms in total. The number of rotatable bonds is 3. The summed E-state index contributed by atoms with van der Waals surface area (Å²) in [6.07, 6.45) is 2.90. The first-order chi connectivity index (χ1) is 9.02. The van der Waals surface area contributed by atoms with Crippen molar-refractivity contribution in [2.45, 2.75) is 39.2 Å². The van der Waals surface area contributed by atoms with E-state index in [4.69, 9.17) is 16.3 Å². The monoisotopic (exact) mass is 282 g/mol. The molecule has 0 spiro atoms. The molecule has 2 rings (SSSR count).